The zero-order valence-corrected chi connectivity index (χ0v) is 34.8. The van der Waals surface area contributed by atoms with E-state index in [4.69, 9.17) is 16.3 Å². The topological polar surface area (TPSA) is 178 Å². The average molecular weight is 831 g/mol. The lowest BCUT2D eigenvalue weighted by Crippen LogP contribution is -2.74. The molecule has 1 aliphatic carbocycles. The van der Waals surface area contributed by atoms with Crippen LogP contribution in [0.25, 0.3) is 0 Å². The van der Waals surface area contributed by atoms with Gasteiger partial charge in [-0.05, 0) is 81.6 Å². The quantitative estimate of drug-likeness (QED) is 0.248. The molecule has 1 unspecified atom stereocenters. The van der Waals surface area contributed by atoms with E-state index >= 15 is 0 Å². The highest BCUT2D eigenvalue weighted by Gasteiger charge is 2.64. The number of carbonyl (C=O) groups is 5. The van der Waals surface area contributed by atoms with Crippen molar-refractivity contribution in [2.45, 2.75) is 90.4 Å². The van der Waals surface area contributed by atoms with E-state index in [0.717, 1.165) is 62.3 Å². The fraction of sp³-hybridized carbons (Fsp3) is 0.467. The summed E-state index contributed by atoms with van der Waals surface area (Å²) >= 11 is 6.24. The Morgan fingerprint density at radius 2 is 1.60 bits per heavy atom. The first-order valence-electron chi connectivity index (χ1n) is 20.5. The van der Waals surface area contributed by atoms with E-state index in [1.807, 2.05) is 24.3 Å². The van der Waals surface area contributed by atoms with Gasteiger partial charge in [0.05, 0.1) is 16.8 Å². The van der Waals surface area contributed by atoms with Crippen LogP contribution in [0.15, 0.2) is 48.7 Å². The van der Waals surface area contributed by atoms with Gasteiger partial charge in [0, 0.05) is 65.5 Å². The van der Waals surface area contributed by atoms with Crippen LogP contribution >= 0.6 is 11.6 Å². The number of amides is 5. The fourth-order valence-electron chi connectivity index (χ4n) is 9.94. The number of ether oxygens (including phenoxy) is 1. The largest absolute Gasteiger partial charge is 0.489 e. The van der Waals surface area contributed by atoms with Gasteiger partial charge >= 0.3 is 0 Å². The van der Waals surface area contributed by atoms with Gasteiger partial charge in [0.15, 0.2) is 11.4 Å². The minimum Gasteiger partial charge on any atom is -0.489 e. The minimum absolute atomic E-state index is 0.0485. The van der Waals surface area contributed by atoms with Crippen LogP contribution in [0.1, 0.15) is 109 Å². The van der Waals surface area contributed by atoms with Crippen molar-refractivity contribution in [2.24, 2.45) is 16.7 Å². The number of fused-ring (bicyclic) bond motifs is 1. The molecule has 14 nitrogen and oxygen atoms in total. The summed E-state index contributed by atoms with van der Waals surface area (Å²) in [6.07, 6.45) is 5.23. The summed E-state index contributed by atoms with van der Waals surface area (Å²) in [5.74, 6) is 5.63. The second-order valence-electron chi connectivity index (χ2n) is 17.5. The predicted octanol–water partition coefficient (Wildman–Crippen LogP) is 4.75. The van der Waals surface area contributed by atoms with Gasteiger partial charge in [-0.2, -0.15) is 5.26 Å². The lowest BCUT2D eigenvalue weighted by molar-refractivity contribution is -0.164. The van der Waals surface area contributed by atoms with Crippen molar-refractivity contribution in [1.29, 1.82) is 5.26 Å². The van der Waals surface area contributed by atoms with Crippen LogP contribution in [0.5, 0.6) is 5.75 Å². The van der Waals surface area contributed by atoms with E-state index in [2.05, 4.69) is 76.0 Å². The molecule has 4 fully saturated rings. The summed E-state index contributed by atoms with van der Waals surface area (Å²) in [5.41, 5.74) is 0.970. The van der Waals surface area contributed by atoms with Crippen molar-refractivity contribution >= 4 is 47.0 Å². The Kier molecular flexibility index (Phi) is 10.9. The average Bonchev–Trinajstić information content (AvgIpc) is 3.49. The second-order valence-corrected chi connectivity index (χ2v) is 18.0. The molecule has 3 aromatic rings. The molecule has 8 rings (SSSR count). The molecule has 5 aliphatic rings. The zero-order chi connectivity index (χ0) is 42.5. The summed E-state index contributed by atoms with van der Waals surface area (Å²) in [6.45, 7) is 11.7. The smallest absolute Gasteiger partial charge is 0.282 e. The third-order valence-electron chi connectivity index (χ3n) is 13.0. The van der Waals surface area contributed by atoms with Crippen LogP contribution < -0.4 is 20.3 Å². The first-order chi connectivity index (χ1) is 28.6. The number of nitrogens with one attached hydrogen (secondary N) is 2. The Morgan fingerprint density at radius 3 is 2.25 bits per heavy atom. The molecule has 1 aromatic heterocycles. The number of halogens is 1. The molecular weight excluding hydrogens is 784 g/mol. The fourth-order valence-corrected chi connectivity index (χ4v) is 10.2. The molecule has 310 valence electrons. The van der Waals surface area contributed by atoms with E-state index in [-0.39, 0.29) is 59.0 Å². The normalized spacial score (nSPS) is 24.1. The first-order valence-corrected chi connectivity index (χ1v) is 20.9. The summed E-state index contributed by atoms with van der Waals surface area (Å²) in [6, 6.07) is 13.8. The van der Waals surface area contributed by atoms with E-state index in [0.29, 0.717) is 33.8 Å². The van der Waals surface area contributed by atoms with Crippen LogP contribution in [0.3, 0.4) is 0 Å². The zero-order valence-electron chi connectivity index (χ0n) is 34.1. The first kappa shape index (κ1) is 40.9. The Balaban J connectivity index is 0.794. The maximum atomic E-state index is 13.4. The van der Waals surface area contributed by atoms with Crippen LogP contribution in [0.4, 0.5) is 5.82 Å². The molecule has 1 saturated carbocycles. The SMILES string of the molecule is CC1(C)[C@H](NC(=O)c2ccc(C#CC3CCN(C4CCN(c5cnc6c(n5)C(=O)N(C5CCC(=O)NC5=O)C6=O)CC4)CC3)cc2)C(C)(C)[C@H]1Oc1ccc(C#N)c(Cl)c1. The maximum absolute atomic E-state index is 13.4. The molecule has 5 amide bonds. The highest BCUT2D eigenvalue weighted by molar-refractivity contribution is 6.31. The monoisotopic (exact) mass is 830 g/mol. The van der Waals surface area contributed by atoms with Gasteiger partial charge in [-0.15, -0.1) is 0 Å². The van der Waals surface area contributed by atoms with Gasteiger partial charge in [0.25, 0.3) is 17.7 Å². The second kappa shape index (κ2) is 16.0. The minimum atomic E-state index is -1.06. The highest BCUT2D eigenvalue weighted by atomic mass is 35.5. The molecule has 0 radical (unpaired) electrons. The lowest BCUT2D eigenvalue weighted by Gasteiger charge is -2.63. The van der Waals surface area contributed by atoms with Gasteiger partial charge < -0.3 is 19.9 Å². The van der Waals surface area contributed by atoms with Crippen LogP contribution in [-0.4, -0.2) is 99.7 Å². The van der Waals surface area contributed by atoms with Crippen molar-refractivity contribution in [2.75, 3.05) is 31.1 Å². The summed E-state index contributed by atoms with van der Waals surface area (Å²) in [7, 11) is 0. The molecular formula is C45H47ClN8O6. The van der Waals surface area contributed by atoms with Gasteiger partial charge in [0.2, 0.25) is 11.8 Å². The van der Waals surface area contributed by atoms with Crippen molar-refractivity contribution in [3.63, 3.8) is 0 Å². The van der Waals surface area contributed by atoms with E-state index in [1.54, 1.807) is 18.2 Å². The molecule has 0 spiro atoms. The Hall–Kier alpha value is -5.83. The van der Waals surface area contributed by atoms with Gasteiger partial charge in [-0.25, -0.2) is 9.97 Å². The Morgan fingerprint density at radius 1 is 0.917 bits per heavy atom. The number of anilines is 1. The van der Waals surface area contributed by atoms with Crippen molar-refractivity contribution < 1.29 is 28.7 Å². The predicted molar refractivity (Wildman–Crippen MR) is 221 cm³/mol. The van der Waals surface area contributed by atoms with E-state index < -0.39 is 29.7 Å². The number of piperidine rings is 3. The standard InChI is InChI=1S/C45H47ClN8O6/c1-44(2)42(45(3,4)43(44)60-31-12-11-29(24-47)32(46)23-31)51-38(56)28-9-7-26(8-10-28)5-6-27-15-19-52(20-16-27)30-17-21-53(22-18-30)34-25-48-36-37(49-34)41(59)54(40(36)58)33-13-14-35(55)50-39(33)57/h7-12,23,25,27,30,33,42-43H,13-22H2,1-4H3,(H,51,56)(H,50,55,57)/t33?,42-,43-. The van der Waals surface area contributed by atoms with Crippen LogP contribution in [0.2, 0.25) is 5.02 Å². The van der Waals surface area contributed by atoms with Gasteiger partial charge in [-0.3, -0.25) is 34.2 Å². The van der Waals surface area contributed by atoms with Crippen molar-refractivity contribution in [1.82, 2.24) is 30.4 Å². The number of carbonyl (C=O) groups excluding carboxylic acids is 5. The number of imide groups is 2. The number of rotatable bonds is 7. The number of benzene rings is 2. The summed E-state index contributed by atoms with van der Waals surface area (Å²) < 4.78 is 6.36. The molecule has 0 bridgehead atoms. The molecule has 4 aliphatic heterocycles. The number of hydrogen-bond acceptors (Lipinski definition) is 11. The number of aromatic nitrogens is 2. The third-order valence-corrected chi connectivity index (χ3v) is 13.3. The molecule has 15 heteroatoms. The summed E-state index contributed by atoms with van der Waals surface area (Å²) in [5, 5.41) is 15.0. The Bertz CT molecular complexity index is 2350. The lowest BCUT2D eigenvalue weighted by atomic mass is 9.49. The van der Waals surface area contributed by atoms with Gasteiger partial charge in [-0.1, -0.05) is 51.1 Å². The molecule has 3 saturated heterocycles. The number of hydrogen-bond donors (Lipinski definition) is 2. The third kappa shape index (κ3) is 7.59. The number of likely N-dealkylation sites (tertiary alicyclic amines) is 1. The molecule has 5 heterocycles. The maximum Gasteiger partial charge on any atom is 0.282 e. The molecule has 2 aromatic carbocycles. The van der Waals surface area contributed by atoms with Crippen molar-refractivity contribution in [3.8, 4) is 23.7 Å². The molecule has 60 heavy (non-hydrogen) atoms. The van der Waals surface area contributed by atoms with Gasteiger partial charge in [0.1, 0.15) is 29.8 Å². The van der Waals surface area contributed by atoms with Crippen LogP contribution in [0, 0.1) is 39.9 Å². The number of nitrogens with zero attached hydrogens (tertiary/aromatic N) is 6. The van der Waals surface area contributed by atoms with E-state index in [9.17, 15) is 29.2 Å². The van der Waals surface area contributed by atoms with Crippen LogP contribution in [-0.2, 0) is 9.59 Å². The summed E-state index contributed by atoms with van der Waals surface area (Å²) in [4.78, 5) is 78.0. The van der Waals surface area contributed by atoms with Crippen molar-refractivity contribution in [3.05, 3.63) is 81.8 Å². The Labute approximate surface area is 354 Å². The highest BCUT2D eigenvalue weighted by Crippen LogP contribution is 2.55. The number of nitriles is 1. The molecule has 1 atom stereocenters. The molecule has 2 N–H and O–H groups in total. The van der Waals surface area contributed by atoms with E-state index in [1.165, 1.54) is 6.20 Å².